The van der Waals surface area contributed by atoms with Crippen LogP contribution in [0.2, 0.25) is 10.0 Å². The number of nitrogens with zero attached hydrogens (tertiary/aromatic N) is 3. The molecular formula is C18H13Cl2F3N4O4S. The zero-order valence-corrected chi connectivity index (χ0v) is 18.6. The van der Waals surface area contributed by atoms with E-state index in [2.05, 4.69) is 10.3 Å². The van der Waals surface area contributed by atoms with Crippen molar-refractivity contribution in [1.29, 1.82) is 0 Å². The lowest BCUT2D eigenvalue weighted by molar-refractivity contribution is -0.143. The Hall–Kier alpha value is -2.83. The third-order valence-electron chi connectivity index (χ3n) is 4.14. The fraction of sp³-hybridized carbons (Fsp3) is 0.167. The Kier molecular flexibility index (Phi) is 6.40. The summed E-state index contributed by atoms with van der Waals surface area (Å²) in [7, 11) is -3.42. The van der Waals surface area contributed by atoms with Crippen LogP contribution in [-0.4, -0.2) is 36.4 Å². The maximum atomic E-state index is 13.8. The normalized spacial score (nSPS) is 12.0. The van der Waals surface area contributed by atoms with Crippen molar-refractivity contribution >= 4 is 39.1 Å². The molecule has 1 aromatic heterocycles. The number of ether oxygens (including phenoxy) is 1. The van der Waals surface area contributed by atoms with E-state index in [-0.39, 0.29) is 21.5 Å². The van der Waals surface area contributed by atoms with Gasteiger partial charge in [-0.3, -0.25) is 4.79 Å². The average Bonchev–Trinajstić information content (AvgIpc) is 3.13. The Morgan fingerprint density at radius 3 is 2.41 bits per heavy atom. The summed E-state index contributed by atoms with van der Waals surface area (Å²) in [4.78, 5) is 12.0. The van der Waals surface area contributed by atoms with Gasteiger partial charge in [-0.15, -0.1) is 5.10 Å². The quantitative estimate of drug-likeness (QED) is 0.558. The largest absolute Gasteiger partial charge is 0.497 e. The van der Waals surface area contributed by atoms with Gasteiger partial charge in [-0.25, -0.2) is 17.8 Å². The van der Waals surface area contributed by atoms with Crippen LogP contribution in [0.5, 0.6) is 5.75 Å². The topological polar surface area (TPSA) is 103 Å². The minimum absolute atomic E-state index is 0.0804. The van der Waals surface area contributed by atoms with E-state index < -0.39 is 38.4 Å². The SMILES string of the molecule is COc1ccc(Cl)c(S(=O)(=O)NC(=O)c2nnn(-c3ccc(C)cc3Cl)c2C(F)(F)F)c1. The summed E-state index contributed by atoms with van der Waals surface area (Å²) < 4.78 is 73.4. The number of amides is 1. The van der Waals surface area contributed by atoms with Crippen molar-refractivity contribution in [2.75, 3.05) is 7.11 Å². The molecule has 32 heavy (non-hydrogen) atoms. The first kappa shape index (κ1) is 23.8. The summed E-state index contributed by atoms with van der Waals surface area (Å²) in [6.07, 6.45) is -5.12. The van der Waals surface area contributed by atoms with Crippen LogP contribution in [0, 0.1) is 6.92 Å². The fourth-order valence-corrected chi connectivity index (χ4v) is 4.47. The molecule has 0 radical (unpaired) electrons. The van der Waals surface area contributed by atoms with E-state index in [1.54, 1.807) is 6.92 Å². The summed E-state index contributed by atoms with van der Waals surface area (Å²) in [6.45, 7) is 1.68. The molecule has 170 valence electrons. The molecular weight excluding hydrogens is 496 g/mol. The van der Waals surface area contributed by atoms with Gasteiger partial charge in [-0.1, -0.05) is 34.5 Å². The standard InChI is InChI=1S/C18H13Cl2F3N4O4S/c1-9-3-6-13(12(20)7-9)27-16(18(21,22)23)15(24-26-27)17(28)25-32(29,30)14-8-10(31-2)4-5-11(14)19/h3-8H,1-2H3,(H,25,28). The molecule has 8 nitrogen and oxygen atoms in total. The van der Waals surface area contributed by atoms with Gasteiger partial charge >= 0.3 is 6.18 Å². The molecule has 1 amide bonds. The van der Waals surface area contributed by atoms with Crippen LogP contribution in [-0.2, 0) is 16.2 Å². The van der Waals surface area contributed by atoms with Crippen molar-refractivity contribution in [2.45, 2.75) is 18.0 Å². The van der Waals surface area contributed by atoms with Crippen LogP contribution >= 0.6 is 23.2 Å². The number of carbonyl (C=O) groups excluding carboxylic acids is 1. The number of aryl methyl sites for hydroxylation is 1. The zero-order chi connectivity index (χ0) is 23.8. The number of methoxy groups -OCH3 is 1. The molecule has 0 aliphatic carbocycles. The highest BCUT2D eigenvalue weighted by molar-refractivity contribution is 7.90. The van der Waals surface area contributed by atoms with Gasteiger partial charge in [0.1, 0.15) is 10.6 Å². The molecule has 3 rings (SSSR count). The smallest absolute Gasteiger partial charge is 0.435 e. The Labute approximate surface area is 189 Å². The number of carbonyl (C=O) groups is 1. The van der Waals surface area contributed by atoms with E-state index in [4.69, 9.17) is 27.9 Å². The van der Waals surface area contributed by atoms with E-state index in [0.29, 0.717) is 10.2 Å². The lowest BCUT2D eigenvalue weighted by Gasteiger charge is -2.13. The van der Waals surface area contributed by atoms with E-state index >= 15 is 0 Å². The highest BCUT2D eigenvalue weighted by Gasteiger charge is 2.43. The molecule has 14 heteroatoms. The van der Waals surface area contributed by atoms with Crippen LogP contribution in [0.1, 0.15) is 21.7 Å². The number of hydrogen-bond donors (Lipinski definition) is 1. The Balaban J connectivity index is 2.07. The average molecular weight is 509 g/mol. The van der Waals surface area contributed by atoms with Gasteiger partial charge in [-0.05, 0) is 36.8 Å². The summed E-state index contributed by atoms with van der Waals surface area (Å²) in [6, 6.07) is 7.70. The number of nitrogens with one attached hydrogen (secondary N) is 1. The molecule has 1 N–H and O–H groups in total. The van der Waals surface area contributed by atoms with Gasteiger partial charge in [0.25, 0.3) is 15.9 Å². The fourth-order valence-electron chi connectivity index (χ4n) is 2.68. The van der Waals surface area contributed by atoms with Crippen LogP contribution < -0.4 is 9.46 Å². The molecule has 1 heterocycles. The van der Waals surface area contributed by atoms with E-state index in [1.807, 2.05) is 0 Å². The predicted molar refractivity (Wildman–Crippen MR) is 109 cm³/mol. The first-order valence-electron chi connectivity index (χ1n) is 8.55. The second-order valence-electron chi connectivity index (χ2n) is 6.38. The molecule has 0 fully saturated rings. The second kappa shape index (κ2) is 8.60. The monoisotopic (exact) mass is 508 g/mol. The van der Waals surface area contributed by atoms with Gasteiger partial charge in [-0.2, -0.15) is 13.2 Å². The minimum Gasteiger partial charge on any atom is -0.497 e. The van der Waals surface area contributed by atoms with Crippen molar-refractivity contribution < 1.29 is 31.1 Å². The molecule has 0 aliphatic heterocycles. The summed E-state index contributed by atoms with van der Waals surface area (Å²) in [5.74, 6) is -1.57. The lowest BCUT2D eigenvalue weighted by Crippen LogP contribution is -2.33. The summed E-state index contributed by atoms with van der Waals surface area (Å²) in [5.41, 5.74) is -2.40. The Bertz CT molecular complexity index is 1310. The number of sulfonamides is 1. The first-order valence-corrected chi connectivity index (χ1v) is 10.8. The zero-order valence-electron chi connectivity index (χ0n) is 16.2. The highest BCUT2D eigenvalue weighted by atomic mass is 35.5. The Morgan fingerprint density at radius 2 is 1.81 bits per heavy atom. The van der Waals surface area contributed by atoms with Gasteiger partial charge in [0.2, 0.25) is 0 Å². The van der Waals surface area contributed by atoms with Crippen LogP contribution in [0.25, 0.3) is 5.69 Å². The maximum Gasteiger partial charge on any atom is 0.435 e. The summed E-state index contributed by atoms with van der Waals surface area (Å²) >= 11 is 11.9. The van der Waals surface area contributed by atoms with Crippen molar-refractivity contribution in [3.8, 4) is 11.4 Å². The van der Waals surface area contributed by atoms with E-state index in [0.717, 1.165) is 6.07 Å². The van der Waals surface area contributed by atoms with E-state index in [1.165, 1.54) is 42.2 Å². The molecule has 3 aromatic rings. The number of alkyl halides is 3. The predicted octanol–water partition coefficient (Wildman–Crippen LogP) is 4.03. The Morgan fingerprint density at radius 1 is 1.12 bits per heavy atom. The minimum atomic E-state index is -5.12. The van der Waals surface area contributed by atoms with Gasteiger partial charge < -0.3 is 4.74 Å². The number of halogens is 5. The third-order valence-corrected chi connectivity index (χ3v) is 6.26. The molecule has 0 saturated carbocycles. The first-order chi connectivity index (χ1) is 14.8. The second-order valence-corrected chi connectivity index (χ2v) is 8.85. The van der Waals surface area contributed by atoms with Crippen molar-refractivity contribution in [2.24, 2.45) is 0 Å². The van der Waals surface area contributed by atoms with Crippen LogP contribution in [0.15, 0.2) is 41.3 Å². The van der Waals surface area contributed by atoms with Gasteiger partial charge in [0.05, 0.1) is 22.8 Å². The third kappa shape index (κ3) is 4.66. The number of benzene rings is 2. The lowest BCUT2D eigenvalue weighted by atomic mass is 10.2. The van der Waals surface area contributed by atoms with Crippen LogP contribution in [0.4, 0.5) is 13.2 Å². The molecule has 0 spiro atoms. The highest BCUT2D eigenvalue weighted by Crippen LogP contribution is 2.35. The maximum absolute atomic E-state index is 13.8. The molecule has 2 aromatic carbocycles. The van der Waals surface area contributed by atoms with E-state index in [9.17, 15) is 26.4 Å². The van der Waals surface area contributed by atoms with Crippen molar-refractivity contribution in [1.82, 2.24) is 19.7 Å². The number of rotatable bonds is 5. The molecule has 0 unspecified atom stereocenters. The summed E-state index contributed by atoms with van der Waals surface area (Å²) in [5, 5.41) is 6.27. The van der Waals surface area contributed by atoms with Crippen molar-refractivity contribution in [3.05, 3.63) is 63.4 Å². The van der Waals surface area contributed by atoms with Gasteiger partial charge in [0, 0.05) is 6.07 Å². The molecule has 0 saturated heterocycles. The molecule has 0 atom stereocenters. The van der Waals surface area contributed by atoms with Crippen LogP contribution in [0.3, 0.4) is 0 Å². The van der Waals surface area contributed by atoms with Gasteiger partial charge in [0.15, 0.2) is 11.4 Å². The molecule has 0 bridgehead atoms. The number of hydrogen-bond acceptors (Lipinski definition) is 6. The van der Waals surface area contributed by atoms with Crippen molar-refractivity contribution in [3.63, 3.8) is 0 Å². The number of aromatic nitrogens is 3. The molecule has 0 aliphatic rings.